The number of ether oxygens (including phenoxy) is 1. The standard InChI is InChI=1S/C31H36FN3O5S/c1-40-27-18-16-26(17-19-27)35(41(2,38)39)22-30(36)34(21-24-12-6-9-15-28(24)32)29(20-23-10-4-3-5-11-23)31(37)33-25-13-7-8-14-25/h3-6,9-12,15-19,25,29H,7-8,13-14,20-22H2,1-2H3,(H,33,37)/t29-/m1/s1. The molecular formula is C31H36FN3O5S. The minimum Gasteiger partial charge on any atom is -0.497 e. The summed E-state index contributed by atoms with van der Waals surface area (Å²) in [4.78, 5) is 29.2. The van der Waals surface area contributed by atoms with E-state index < -0.39 is 34.3 Å². The number of hydrogen-bond donors (Lipinski definition) is 1. The number of nitrogens with one attached hydrogen (secondary N) is 1. The first kappa shape index (κ1) is 30.0. The fourth-order valence-electron chi connectivity index (χ4n) is 5.09. The summed E-state index contributed by atoms with van der Waals surface area (Å²) >= 11 is 0. The maximum absolute atomic E-state index is 14.9. The molecule has 0 heterocycles. The van der Waals surface area contributed by atoms with E-state index in [2.05, 4.69) is 5.32 Å². The molecule has 0 saturated heterocycles. The van der Waals surface area contributed by atoms with Crippen LogP contribution in [0, 0.1) is 5.82 Å². The van der Waals surface area contributed by atoms with Gasteiger partial charge in [0.15, 0.2) is 0 Å². The predicted molar refractivity (Wildman–Crippen MR) is 156 cm³/mol. The van der Waals surface area contributed by atoms with Crippen LogP contribution in [0.4, 0.5) is 10.1 Å². The number of hydrogen-bond acceptors (Lipinski definition) is 5. The molecule has 0 aromatic heterocycles. The van der Waals surface area contributed by atoms with Gasteiger partial charge in [0.1, 0.15) is 24.2 Å². The smallest absolute Gasteiger partial charge is 0.244 e. The second-order valence-corrected chi connectivity index (χ2v) is 12.2. The van der Waals surface area contributed by atoms with Crippen LogP contribution in [0.15, 0.2) is 78.9 Å². The van der Waals surface area contributed by atoms with Gasteiger partial charge in [0.05, 0.1) is 19.1 Å². The summed E-state index contributed by atoms with van der Waals surface area (Å²) < 4.78 is 46.8. The molecule has 1 fully saturated rings. The van der Waals surface area contributed by atoms with Gasteiger partial charge in [-0.2, -0.15) is 0 Å². The number of rotatable bonds is 12. The van der Waals surface area contributed by atoms with Crippen molar-refractivity contribution in [2.45, 2.75) is 50.7 Å². The zero-order chi connectivity index (χ0) is 29.4. The Balaban J connectivity index is 1.72. The Bertz CT molecular complexity index is 1430. The van der Waals surface area contributed by atoms with Gasteiger partial charge in [0.25, 0.3) is 0 Å². The fraction of sp³-hybridized carbons (Fsp3) is 0.355. The van der Waals surface area contributed by atoms with Crippen LogP contribution in [0.25, 0.3) is 0 Å². The molecule has 3 aromatic rings. The third-order valence-corrected chi connectivity index (χ3v) is 8.45. The molecule has 1 atom stereocenters. The minimum absolute atomic E-state index is 0.00185. The third-order valence-electron chi connectivity index (χ3n) is 7.31. The van der Waals surface area contributed by atoms with Gasteiger partial charge >= 0.3 is 0 Å². The maximum atomic E-state index is 14.9. The van der Waals surface area contributed by atoms with Crippen LogP contribution in [-0.4, -0.2) is 57.1 Å². The van der Waals surface area contributed by atoms with Crippen molar-refractivity contribution in [3.8, 4) is 5.75 Å². The summed E-state index contributed by atoms with van der Waals surface area (Å²) in [6, 6.07) is 20.6. The SMILES string of the molecule is COc1ccc(N(CC(=O)N(Cc2ccccc2F)[C@H](Cc2ccccc2)C(=O)NC2CCCC2)S(C)(=O)=O)cc1. The van der Waals surface area contributed by atoms with E-state index in [-0.39, 0.29) is 36.2 Å². The summed E-state index contributed by atoms with van der Waals surface area (Å²) in [5, 5.41) is 3.09. The van der Waals surface area contributed by atoms with Crippen molar-refractivity contribution in [1.82, 2.24) is 10.2 Å². The number of nitrogens with zero attached hydrogens (tertiary/aromatic N) is 2. The predicted octanol–water partition coefficient (Wildman–Crippen LogP) is 4.30. The molecule has 218 valence electrons. The van der Waals surface area contributed by atoms with Gasteiger partial charge in [-0.15, -0.1) is 0 Å². The Morgan fingerprint density at radius 1 is 0.976 bits per heavy atom. The number of anilines is 1. The number of carbonyl (C=O) groups is 2. The highest BCUT2D eigenvalue weighted by Crippen LogP contribution is 2.24. The van der Waals surface area contributed by atoms with Crippen LogP contribution in [0.5, 0.6) is 5.75 Å². The van der Waals surface area contributed by atoms with Crippen LogP contribution in [-0.2, 0) is 32.6 Å². The topological polar surface area (TPSA) is 96.0 Å². The van der Waals surface area contributed by atoms with Crippen LogP contribution in [0.2, 0.25) is 0 Å². The van der Waals surface area contributed by atoms with E-state index in [1.54, 1.807) is 42.5 Å². The second kappa shape index (κ2) is 13.6. The number of benzene rings is 3. The number of carbonyl (C=O) groups excluding carboxylic acids is 2. The highest BCUT2D eigenvalue weighted by molar-refractivity contribution is 7.92. The lowest BCUT2D eigenvalue weighted by Crippen LogP contribution is -2.54. The first-order chi connectivity index (χ1) is 19.7. The molecule has 3 aromatic carbocycles. The quantitative estimate of drug-likeness (QED) is 0.344. The minimum atomic E-state index is -3.90. The van der Waals surface area contributed by atoms with Gasteiger partial charge in [-0.25, -0.2) is 12.8 Å². The molecule has 41 heavy (non-hydrogen) atoms. The molecule has 0 radical (unpaired) electrons. The van der Waals surface area contributed by atoms with Gasteiger partial charge < -0.3 is 15.0 Å². The van der Waals surface area contributed by atoms with Gasteiger partial charge in [-0.05, 0) is 48.7 Å². The molecule has 0 aliphatic heterocycles. The Labute approximate surface area is 241 Å². The fourth-order valence-corrected chi connectivity index (χ4v) is 5.94. The van der Waals surface area contributed by atoms with E-state index in [1.807, 2.05) is 30.3 Å². The molecular weight excluding hydrogens is 545 g/mol. The maximum Gasteiger partial charge on any atom is 0.244 e. The highest BCUT2D eigenvalue weighted by atomic mass is 32.2. The van der Waals surface area contributed by atoms with Crippen LogP contribution in [0.1, 0.15) is 36.8 Å². The molecule has 0 spiro atoms. The van der Waals surface area contributed by atoms with E-state index >= 15 is 0 Å². The van der Waals surface area contributed by atoms with Crippen LogP contribution < -0.4 is 14.4 Å². The van der Waals surface area contributed by atoms with Crippen molar-refractivity contribution in [3.05, 3.63) is 95.8 Å². The lowest BCUT2D eigenvalue weighted by atomic mass is 10.0. The molecule has 1 N–H and O–H groups in total. The number of amides is 2. The summed E-state index contributed by atoms with van der Waals surface area (Å²) in [6.45, 7) is -0.775. The molecule has 2 amide bonds. The van der Waals surface area contributed by atoms with Crippen molar-refractivity contribution in [2.24, 2.45) is 0 Å². The largest absolute Gasteiger partial charge is 0.497 e. The first-order valence-electron chi connectivity index (χ1n) is 13.6. The zero-order valence-electron chi connectivity index (χ0n) is 23.3. The molecule has 8 nitrogen and oxygen atoms in total. The lowest BCUT2D eigenvalue weighted by molar-refractivity contribution is -0.140. The molecule has 1 aliphatic rings. The molecule has 1 saturated carbocycles. The summed E-state index contributed by atoms with van der Waals surface area (Å²) in [5.41, 5.74) is 1.31. The lowest BCUT2D eigenvalue weighted by Gasteiger charge is -2.34. The van der Waals surface area contributed by atoms with Gasteiger partial charge in [0, 0.05) is 24.6 Å². The number of sulfonamides is 1. The van der Waals surface area contributed by atoms with Gasteiger partial charge in [-0.1, -0.05) is 61.4 Å². The molecule has 1 aliphatic carbocycles. The zero-order valence-corrected chi connectivity index (χ0v) is 24.1. The van der Waals surface area contributed by atoms with Crippen molar-refractivity contribution in [2.75, 3.05) is 24.2 Å². The Morgan fingerprint density at radius 3 is 2.22 bits per heavy atom. The normalized spacial score (nSPS) is 14.3. The van der Waals surface area contributed by atoms with E-state index in [1.165, 1.54) is 18.1 Å². The second-order valence-electron chi connectivity index (χ2n) is 10.3. The summed E-state index contributed by atoms with van der Waals surface area (Å²) in [6.07, 6.45) is 4.92. The van der Waals surface area contributed by atoms with Crippen molar-refractivity contribution in [3.63, 3.8) is 0 Å². The number of halogens is 1. The van der Waals surface area contributed by atoms with Crippen molar-refractivity contribution in [1.29, 1.82) is 0 Å². The molecule has 0 bridgehead atoms. The molecule has 0 unspecified atom stereocenters. The Kier molecular flexibility index (Phi) is 9.99. The van der Waals surface area contributed by atoms with E-state index in [0.29, 0.717) is 5.75 Å². The Morgan fingerprint density at radius 2 is 1.61 bits per heavy atom. The van der Waals surface area contributed by atoms with Gasteiger partial charge in [0.2, 0.25) is 21.8 Å². The average Bonchev–Trinajstić information content (AvgIpc) is 3.47. The first-order valence-corrected chi connectivity index (χ1v) is 15.5. The van der Waals surface area contributed by atoms with Gasteiger partial charge in [-0.3, -0.25) is 13.9 Å². The Hall–Kier alpha value is -3.92. The van der Waals surface area contributed by atoms with E-state index in [9.17, 15) is 22.4 Å². The van der Waals surface area contributed by atoms with E-state index in [0.717, 1.165) is 41.8 Å². The number of methoxy groups -OCH3 is 1. The monoisotopic (exact) mass is 581 g/mol. The van der Waals surface area contributed by atoms with Crippen molar-refractivity contribution >= 4 is 27.5 Å². The van der Waals surface area contributed by atoms with Crippen LogP contribution >= 0.6 is 0 Å². The third kappa shape index (κ3) is 8.07. The summed E-state index contributed by atoms with van der Waals surface area (Å²) in [5.74, 6) is -0.964. The van der Waals surface area contributed by atoms with E-state index in [4.69, 9.17) is 4.74 Å². The summed E-state index contributed by atoms with van der Waals surface area (Å²) in [7, 11) is -2.40. The average molecular weight is 582 g/mol. The molecule has 4 rings (SSSR count). The van der Waals surface area contributed by atoms with Crippen LogP contribution in [0.3, 0.4) is 0 Å². The van der Waals surface area contributed by atoms with Crippen molar-refractivity contribution < 1.29 is 27.1 Å². The molecule has 10 heteroatoms. The highest BCUT2D eigenvalue weighted by Gasteiger charge is 2.34.